The Hall–Kier alpha value is -1.39. The lowest BCUT2D eigenvalue weighted by molar-refractivity contribution is 0.0782. The molecule has 0 aliphatic carbocycles. The number of aryl methyl sites for hydroxylation is 1. The van der Waals surface area contributed by atoms with Crippen LogP contribution in [0.5, 0.6) is 5.75 Å². The lowest BCUT2D eigenvalue weighted by Crippen LogP contribution is -2.51. The van der Waals surface area contributed by atoms with Crippen molar-refractivity contribution in [2.75, 3.05) is 39.8 Å². The number of fused-ring (bicyclic) bond motifs is 1. The molecule has 1 atom stereocenters. The molecule has 21 heavy (non-hydrogen) atoms. The van der Waals surface area contributed by atoms with Crippen LogP contribution in [0.3, 0.4) is 0 Å². The normalized spacial score (nSPS) is 23.0. The molecule has 4 heteroatoms. The summed E-state index contributed by atoms with van der Waals surface area (Å²) in [6.45, 7) is 6.87. The van der Waals surface area contributed by atoms with E-state index in [2.05, 4.69) is 9.80 Å². The van der Waals surface area contributed by atoms with E-state index in [0.717, 1.165) is 25.2 Å². The Bertz CT molecular complexity index is 530. The van der Waals surface area contributed by atoms with Crippen LogP contribution in [-0.4, -0.2) is 61.5 Å². The largest absolute Gasteiger partial charge is 0.496 e. The summed E-state index contributed by atoms with van der Waals surface area (Å²) in [6.07, 6.45) is 2.58. The summed E-state index contributed by atoms with van der Waals surface area (Å²) in [5.74, 6) is 0.859. The fraction of sp³-hybridized carbons (Fsp3) is 0.588. The first-order valence-corrected chi connectivity index (χ1v) is 7.81. The maximum Gasteiger partial charge on any atom is 0.180 e. The molecule has 1 aromatic carbocycles. The Balaban J connectivity index is 1.66. The second kappa shape index (κ2) is 6.16. The van der Waals surface area contributed by atoms with Gasteiger partial charge in [-0.25, -0.2) is 0 Å². The molecule has 2 heterocycles. The molecular formula is C17H24N2O2. The minimum atomic E-state index is 0.165. The minimum absolute atomic E-state index is 0.165. The molecule has 1 aromatic rings. The second-order valence-electron chi connectivity index (χ2n) is 6.19. The van der Waals surface area contributed by atoms with Crippen LogP contribution in [0.1, 0.15) is 28.8 Å². The highest BCUT2D eigenvalue weighted by molar-refractivity contribution is 6.00. The molecule has 114 valence electrons. The van der Waals surface area contributed by atoms with E-state index in [-0.39, 0.29) is 5.78 Å². The zero-order valence-corrected chi connectivity index (χ0v) is 13.0. The number of benzene rings is 1. The van der Waals surface area contributed by atoms with Crippen LogP contribution < -0.4 is 4.74 Å². The molecule has 1 unspecified atom stereocenters. The average Bonchev–Trinajstić information content (AvgIpc) is 2.94. The first-order valence-electron chi connectivity index (χ1n) is 7.81. The van der Waals surface area contributed by atoms with Gasteiger partial charge < -0.3 is 4.74 Å². The third kappa shape index (κ3) is 3.11. The van der Waals surface area contributed by atoms with Crippen LogP contribution in [0, 0.1) is 6.92 Å². The number of piperazine rings is 1. The van der Waals surface area contributed by atoms with Crippen molar-refractivity contribution < 1.29 is 9.53 Å². The van der Waals surface area contributed by atoms with E-state index in [9.17, 15) is 4.79 Å². The predicted molar refractivity (Wildman–Crippen MR) is 83.1 cm³/mol. The molecule has 3 rings (SSSR count). The second-order valence-corrected chi connectivity index (χ2v) is 6.19. The third-order valence-electron chi connectivity index (χ3n) is 4.70. The zero-order valence-electron chi connectivity index (χ0n) is 13.0. The lowest BCUT2D eigenvalue weighted by Gasteiger charge is -2.37. The van der Waals surface area contributed by atoms with E-state index in [4.69, 9.17) is 4.74 Å². The molecule has 0 bridgehead atoms. The van der Waals surface area contributed by atoms with Gasteiger partial charge in [0.2, 0.25) is 0 Å². The first-order chi connectivity index (χ1) is 10.2. The number of rotatable bonds is 4. The van der Waals surface area contributed by atoms with Gasteiger partial charge in [0.1, 0.15) is 5.75 Å². The highest BCUT2D eigenvalue weighted by Gasteiger charge is 2.31. The van der Waals surface area contributed by atoms with Gasteiger partial charge in [-0.15, -0.1) is 0 Å². The standard InChI is InChI=1S/C17H24N2O2/c1-13-5-6-15(17(10-13)21-2)16(20)12-18-8-9-19-7-3-4-14(19)11-18/h5-6,10,14H,3-4,7-9,11-12H2,1-2H3. The quantitative estimate of drug-likeness (QED) is 0.793. The molecule has 0 aromatic heterocycles. The maximum absolute atomic E-state index is 12.6. The average molecular weight is 288 g/mol. The minimum Gasteiger partial charge on any atom is -0.496 e. The van der Waals surface area contributed by atoms with E-state index in [1.54, 1.807) is 7.11 Å². The number of carbonyl (C=O) groups excluding carboxylic acids is 1. The number of ether oxygens (including phenoxy) is 1. The Labute approximate surface area is 126 Å². The predicted octanol–water partition coefficient (Wildman–Crippen LogP) is 1.97. The summed E-state index contributed by atoms with van der Waals surface area (Å²) >= 11 is 0. The number of hydrogen-bond donors (Lipinski definition) is 0. The lowest BCUT2D eigenvalue weighted by atomic mass is 10.1. The Kier molecular flexibility index (Phi) is 4.27. The fourth-order valence-corrected chi connectivity index (χ4v) is 3.52. The molecule has 2 aliphatic heterocycles. The third-order valence-corrected chi connectivity index (χ3v) is 4.70. The molecule has 0 N–H and O–H groups in total. The van der Waals surface area contributed by atoms with Crippen LogP contribution in [-0.2, 0) is 0 Å². The van der Waals surface area contributed by atoms with Gasteiger partial charge in [0.15, 0.2) is 5.78 Å². The molecule has 2 aliphatic rings. The smallest absolute Gasteiger partial charge is 0.180 e. The molecule has 0 spiro atoms. The maximum atomic E-state index is 12.6. The monoisotopic (exact) mass is 288 g/mol. The molecule has 2 fully saturated rings. The van der Waals surface area contributed by atoms with E-state index in [1.807, 2.05) is 25.1 Å². The van der Waals surface area contributed by atoms with Crippen LogP contribution in [0.15, 0.2) is 18.2 Å². The topological polar surface area (TPSA) is 32.8 Å². The van der Waals surface area contributed by atoms with Gasteiger partial charge in [-0.1, -0.05) is 6.07 Å². The number of methoxy groups -OCH3 is 1. The van der Waals surface area contributed by atoms with Crippen LogP contribution in [0.25, 0.3) is 0 Å². The zero-order chi connectivity index (χ0) is 14.8. The Morgan fingerprint density at radius 2 is 2.19 bits per heavy atom. The highest BCUT2D eigenvalue weighted by Crippen LogP contribution is 2.23. The number of Topliss-reactive ketones (excluding diaryl/α,β-unsaturated/α-hetero) is 1. The summed E-state index contributed by atoms with van der Waals surface area (Å²) in [5, 5.41) is 0. The van der Waals surface area contributed by atoms with Gasteiger partial charge in [-0.2, -0.15) is 0 Å². The van der Waals surface area contributed by atoms with Crippen LogP contribution >= 0.6 is 0 Å². The molecule has 0 saturated carbocycles. The van der Waals surface area contributed by atoms with Crippen LogP contribution in [0.2, 0.25) is 0 Å². The van der Waals surface area contributed by atoms with Gasteiger partial charge in [-0.3, -0.25) is 14.6 Å². The molecule has 2 saturated heterocycles. The van der Waals surface area contributed by atoms with Crippen molar-refractivity contribution in [3.05, 3.63) is 29.3 Å². The van der Waals surface area contributed by atoms with Gasteiger partial charge >= 0.3 is 0 Å². The van der Waals surface area contributed by atoms with Crippen molar-refractivity contribution >= 4 is 5.78 Å². The Morgan fingerprint density at radius 3 is 3.00 bits per heavy atom. The number of hydrogen-bond acceptors (Lipinski definition) is 4. The summed E-state index contributed by atoms with van der Waals surface area (Å²) in [5.41, 5.74) is 1.82. The van der Waals surface area contributed by atoms with Crippen molar-refractivity contribution in [2.24, 2.45) is 0 Å². The summed E-state index contributed by atoms with van der Waals surface area (Å²) in [6, 6.07) is 6.46. The number of ketones is 1. The van der Waals surface area contributed by atoms with E-state index < -0.39 is 0 Å². The highest BCUT2D eigenvalue weighted by atomic mass is 16.5. The number of carbonyl (C=O) groups is 1. The van der Waals surface area contributed by atoms with Crippen molar-refractivity contribution in [1.29, 1.82) is 0 Å². The van der Waals surface area contributed by atoms with E-state index in [0.29, 0.717) is 23.9 Å². The molecule has 4 nitrogen and oxygen atoms in total. The van der Waals surface area contributed by atoms with Crippen LogP contribution in [0.4, 0.5) is 0 Å². The van der Waals surface area contributed by atoms with Crippen molar-refractivity contribution in [3.63, 3.8) is 0 Å². The summed E-state index contributed by atoms with van der Waals surface area (Å²) in [4.78, 5) is 17.4. The number of nitrogens with zero attached hydrogens (tertiary/aromatic N) is 2. The van der Waals surface area contributed by atoms with Gasteiger partial charge in [0.25, 0.3) is 0 Å². The van der Waals surface area contributed by atoms with E-state index >= 15 is 0 Å². The fourth-order valence-electron chi connectivity index (χ4n) is 3.52. The van der Waals surface area contributed by atoms with Gasteiger partial charge in [0.05, 0.1) is 19.2 Å². The van der Waals surface area contributed by atoms with Gasteiger partial charge in [-0.05, 0) is 44.0 Å². The Morgan fingerprint density at radius 1 is 1.33 bits per heavy atom. The first kappa shape index (κ1) is 14.5. The SMILES string of the molecule is COc1cc(C)ccc1C(=O)CN1CCN2CCCC2C1. The summed E-state index contributed by atoms with van der Waals surface area (Å²) in [7, 11) is 1.63. The van der Waals surface area contributed by atoms with Crippen molar-refractivity contribution in [1.82, 2.24) is 9.80 Å². The summed E-state index contributed by atoms with van der Waals surface area (Å²) < 4.78 is 5.36. The molecular weight excluding hydrogens is 264 g/mol. The molecule has 0 radical (unpaired) electrons. The van der Waals surface area contributed by atoms with Gasteiger partial charge in [0, 0.05) is 25.7 Å². The van der Waals surface area contributed by atoms with Crippen molar-refractivity contribution in [2.45, 2.75) is 25.8 Å². The van der Waals surface area contributed by atoms with E-state index in [1.165, 1.54) is 19.4 Å². The molecule has 0 amide bonds. The van der Waals surface area contributed by atoms with Crippen molar-refractivity contribution in [3.8, 4) is 5.75 Å².